The number of furan rings is 1. The summed E-state index contributed by atoms with van der Waals surface area (Å²) < 4.78 is 11.8. The monoisotopic (exact) mass is 348 g/mol. The Morgan fingerprint density at radius 1 is 0.840 bits per heavy atom. The molecule has 0 spiro atoms. The molecule has 0 saturated heterocycles. The van der Waals surface area contributed by atoms with E-state index in [1.165, 1.54) is 0 Å². The summed E-state index contributed by atoms with van der Waals surface area (Å²) >= 11 is 6.52. The number of benzene rings is 4. The lowest BCUT2D eigenvalue weighted by molar-refractivity contribution is 0.420. The van der Waals surface area contributed by atoms with E-state index in [1.54, 1.807) is 7.11 Å². The van der Waals surface area contributed by atoms with E-state index in [0.29, 0.717) is 21.4 Å². The normalized spacial score (nSPS) is 11.8. The number of fused-ring (bicyclic) bond motifs is 7. The quantitative estimate of drug-likeness (QED) is 0.388. The zero-order chi connectivity index (χ0) is 17.1. The van der Waals surface area contributed by atoms with Crippen molar-refractivity contribution in [3.05, 3.63) is 59.6 Å². The smallest absolute Gasteiger partial charge is 0.145 e. The molecule has 0 saturated carbocycles. The number of halogens is 1. The first-order chi connectivity index (χ1) is 12.2. The minimum atomic E-state index is 0.0691. The van der Waals surface area contributed by atoms with E-state index in [4.69, 9.17) is 20.8 Å². The number of methoxy groups -OCH3 is 1. The number of hydrogen-bond donors (Lipinski definition) is 1. The fraction of sp³-hybridized carbons (Fsp3) is 0.0476. The second-order valence-corrected chi connectivity index (χ2v) is 6.39. The van der Waals surface area contributed by atoms with Gasteiger partial charge in [-0.1, -0.05) is 60.1 Å². The summed E-state index contributed by atoms with van der Waals surface area (Å²) in [6.07, 6.45) is 0. The number of hydrogen-bond acceptors (Lipinski definition) is 3. The highest BCUT2D eigenvalue weighted by atomic mass is 35.5. The second kappa shape index (κ2) is 5.04. The average Bonchev–Trinajstić information content (AvgIpc) is 3.05. The molecule has 5 aromatic rings. The molecular weight excluding hydrogens is 336 g/mol. The Morgan fingerprint density at radius 3 is 2.12 bits per heavy atom. The molecule has 4 heteroatoms. The molecule has 1 N–H and O–H groups in total. The summed E-state index contributed by atoms with van der Waals surface area (Å²) in [6, 6.07) is 17.4. The van der Waals surface area contributed by atoms with E-state index in [1.807, 2.05) is 54.6 Å². The molecule has 0 aliphatic heterocycles. The summed E-state index contributed by atoms with van der Waals surface area (Å²) in [5.74, 6) is 0.814. The SMILES string of the molecule is COc1cc2c(oc3c4ccccc4c(O)c(Cl)c23)c2ccccc12. The minimum absolute atomic E-state index is 0.0691. The van der Waals surface area contributed by atoms with Gasteiger partial charge in [0, 0.05) is 26.9 Å². The van der Waals surface area contributed by atoms with Crippen LogP contribution in [0.4, 0.5) is 0 Å². The Morgan fingerprint density at radius 2 is 1.44 bits per heavy atom. The summed E-state index contributed by atoms with van der Waals surface area (Å²) in [6.45, 7) is 0. The lowest BCUT2D eigenvalue weighted by Crippen LogP contribution is -1.85. The van der Waals surface area contributed by atoms with Crippen LogP contribution in [-0.2, 0) is 0 Å². The van der Waals surface area contributed by atoms with Crippen LogP contribution in [0.2, 0.25) is 5.02 Å². The fourth-order valence-corrected chi connectivity index (χ4v) is 3.88. The van der Waals surface area contributed by atoms with Gasteiger partial charge in [0.1, 0.15) is 22.7 Å². The van der Waals surface area contributed by atoms with Crippen LogP contribution >= 0.6 is 11.6 Å². The molecule has 25 heavy (non-hydrogen) atoms. The van der Waals surface area contributed by atoms with Crippen molar-refractivity contribution in [3.63, 3.8) is 0 Å². The molecule has 0 radical (unpaired) electrons. The third kappa shape index (κ3) is 1.81. The maximum Gasteiger partial charge on any atom is 0.145 e. The van der Waals surface area contributed by atoms with Crippen LogP contribution in [0.1, 0.15) is 0 Å². The Kier molecular flexibility index (Phi) is 2.91. The lowest BCUT2D eigenvalue weighted by atomic mass is 10.0. The van der Waals surface area contributed by atoms with Gasteiger partial charge in [0.15, 0.2) is 0 Å². The molecule has 3 nitrogen and oxygen atoms in total. The van der Waals surface area contributed by atoms with Crippen molar-refractivity contribution in [1.29, 1.82) is 0 Å². The largest absolute Gasteiger partial charge is 0.506 e. The molecule has 1 heterocycles. The van der Waals surface area contributed by atoms with Gasteiger partial charge in [-0.25, -0.2) is 0 Å². The molecular formula is C21H13ClO3. The summed E-state index contributed by atoms with van der Waals surface area (Å²) in [7, 11) is 1.64. The standard InChI is InChI=1S/C21H13ClO3/c1-24-16-10-15-17-18(22)19(23)12-7-3-5-9-14(12)21(17)25-20(15)13-8-4-2-6-11(13)16/h2-10,23H,1H3. The van der Waals surface area contributed by atoms with Gasteiger partial charge in [-0.15, -0.1) is 0 Å². The van der Waals surface area contributed by atoms with Gasteiger partial charge in [-0.05, 0) is 6.07 Å². The van der Waals surface area contributed by atoms with Gasteiger partial charge in [0.05, 0.1) is 17.5 Å². The van der Waals surface area contributed by atoms with Gasteiger partial charge in [0.25, 0.3) is 0 Å². The average molecular weight is 349 g/mol. The Hall–Kier alpha value is -2.91. The van der Waals surface area contributed by atoms with Crippen molar-refractivity contribution in [2.24, 2.45) is 0 Å². The summed E-state index contributed by atoms with van der Waals surface area (Å²) in [5, 5.41) is 15.8. The molecule has 0 atom stereocenters. The zero-order valence-corrected chi connectivity index (χ0v) is 14.1. The molecule has 0 fully saturated rings. The topological polar surface area (TPSA) is 42.6 Å². The Bertz CT molecular complexity index is 1300. The molecule has 5 rings (SSSR count). The lowest BCUT2D eigenvalue weighted by Gasteiger charge is -2.06. The van der Waals surface area contributed by atoms with Gasteiger partial charge >= 0.3 is 0 Å². The number of aromatic hydroxyl groups is 1. The number of rotatable bonds is 1. The van der Waals surface area contributed by atoms with E-state index in [2.05, 4.69) is 0 Å². The van der Waals surface area contributed by atoms with Crippen LogP contribution in [0.25, 0.3) is 43.5 Å². The van der Waals surface area contributed by atoms with Gasteiger partial charge in [-0.3, -0.25) is 0 Å². The van der Waals surface area contributed by atoms with Crippen LogP contribution in [0.3, 0.4) is 0 Å². The van der Waals surface area contributed by atoms with Crippen molar-refractivity contribution in [3.8, 4) is 11.5 Å². The third-order valence-corrected chi connectivity index (χ3v) is 5.10. The highest BCUT2D eigenvalue weighted by Gasteiger charge is 2.21. The molecule has 4 aromatic carbocycles. The molecule has 0 amide bonds. The van der Waals surface area contributed by atoms with Crippen LogP contribution in [-0.4, -0.2) is 12.2 Å². The highest BCUT2D eigenvalue weighted by molar-refractivity contribution is 6.42. The number of phenolic OH excluding ortho intramolecular Hbond substituents is 1. The van der Waals surface area contributed by atoms with Crippen molar-refractivity contribution in [2.75, 3.05) is 7.11 Å². The van der Waals surface area contributed by atoms with Gasteiger partial charge in [-0.2, -0.15) is 0 Å². The molecule has 0 unspecified atom stereocenters. The van der Waals surface area contributed by atoms with E-state index in [-0.39, 0.29) is 5.75 Å². The van der Waals surface area contributed by atoms with Crippen molar-refractivity contribution < 1.29 is 14.3 Å². The first kappa shape index (κ1) is 14.4. The van der Waals surface area contributed by atoms with E-state index < -0.39 is 0 Å². The van der Waals surface area contributed by atoms with Gasteiger partial charge < -0.3 is 14.3 Å². The van der Waals surface area contributed by atoms with E-state index in [0.717, 1.165) is 32.9 Å². The third-order valence-electron chi connectivity index (χ3n) is 4.73. The minimum Gasteiger partial charge on any atom is -0.506 e. The predicted molar refractivity (Wildman–Crippen MR) is 102 cm³/mol. The van der Waals surface area contributed by atoms with E-state index in [9.17, 15) is 5.11 Å². The molecule has 0 bridgehead atoms. The van der Waals surface area contributed by atoms with Crippen molar-refractivity contribution in [1.82, 2.24) is 0 Å². The maximum absolute atomic E-state index is 10.6. The Labute approximate surface area is 148 Å². The second-order valence-electron chi connectivity index (χ2n) is 6.02. The van der Waals surface area contributed by atoms with Crippen LogP contribution < -0.4 is 4.74 Å². The fourth-order valence-electron chi connectivity index (χ4n) is 3.59. The molecule has 0 aliphatic carbocycles. The van der Waals surface area contributed by atoms with Gasteiger partial charge in [0.2, 0.25) is 0 Å². The first-order valence-corrected chi connectivity index (χ1v) is 8.29. The molecule has 0 aliphatic rings. The van der Waals surface area contributed by atoms with Crippen molar-refractivity contribution in [2.45, 2.75) is 0 Å². The first-order valence-electron chi connectivity index (χ1n) is 7.92. The maximum atomic E-state index is 10.6. The van der Waals surface area contributed by atoms with E-state index >= 15 is 0 Å². The van der Waals surface area contributed by atoms with Crippen LogP contribution in [0.15, 0.2) is 59.0 Å². The van der Waals surface area contributed by atoms with Crippen molar-refractivity contribution >= 4 is 55.1 Å². The molecule has 122 valence electrons. The van der Waals surface area contributed by atoms with Crippen LogP contribution in [0.5, 0.6) is 11.5 Å². The zero-order valence-electron chi connectivity index (χ0n) is 13.3. The summed E-state index contributed by atoms with van der Waals surface area (Å²) in [5.41, 5.74) is 1.41. The van der Waals surface area contributed by atoms with Crippen LogP contribution in [0, 0.1) is 0 Å². The highest BCUT2D eigenvalue weighted by Crippen LogP contribution is 2.47. The molecule has 1 aromatic heterocycles. The number of phenols is 1. The predicted octanol–water partition coefficient (Wildman–Crippen LogP) is 6.26. The summed E-state index contributed by atoms with van der Waals surface area (Å²) in [4.78, 5) is 0. The Balaban J connectivity index is 2.13. The number of ether oxygens (including phenoxy) is 1.